The van der Waals surface area contributed by atoms with Crippen molar-refractivity contribution in [2.45, 2.75) is 19.0 Å². The van der Waals surface area contributed by atoms with E-state index in [0.29, 0.717) is 16.2 Å². The average molecular weight is 655 g/mol. The number of nitrogens with zero attached hydrogens (tertiary/aromatic N) is 1. The largest absolute Gasteiger partial charge is 0.358 e. The highest BCUT2D eigenvalue weighted by atomic mass is 32.2. The second-order valence-corrected chi connectivity index (χ2v) is 12.1. The van der Waals surface area contributed by atoms with E-state index in [9.17, 15) is 14.4 Å². The van der Waals surface area contributed by atoms with Crippen LogP contribution < -0.4 is 10.6 Å². The first-order valence-corrected chi connectivity index (χ1v) is 16.9. The number of nitrogens with one attached hydrogen (secondary N) is 3. The molecule has 8 heteroatoms. The Balaban J connectivity index is 1.50. The molecule has 5 aromatic rings. The van der Waals surface area contributed by atoms with Crippen LogP contribution in [0.1, 0.15) is 27.0 Å². The first-order chi connectivity index (χ1) is 23.4. The lowest BCUT2D eigenvalue weighted by atomic mass is 9.98. The Labute approximate surface area is 285 Å². The first kappa shape index (κ1) is 33.9. The van der Waals surface area contributed by atoms with Gasteiger partial charge in [0.1, 0.15) is 6.04 Å². The van der Waals surface area contributed by atoms with Crippen molar-refractivity contribution in [2.75, 3.05) is 19.8 Å². The standard InChI is InChI=1S/C40H38N4O3S/c1-42-37(45)26-43-39(46)36(25-28-13-17-32(18-14-28)30-9-5-3-6-10-30)44(40(47)35-23-21-34(22-24-35)38(41)48-2)27-29-15-19-33(20-16-29)31-11-7-4-8-12-31/h3-24,36,41H,25-27H2,1-2H3,(H,42,45)(H,43,46). The molecule has 5 rings (SSSR count). The molecule has 0 aliphatic heterocycles. The Bertz CT molecular complexity index is 1840. The maximum absolute atomic E-state index is 14.4. The van der Waals surface area contributed by atoms with Crippen molar-refractivity contribution in [3.05, 3.63) is 156 Å². The minimum absolute atomic E-state index is 0.163. The van der Waals surface area contributed by atoms with Crippen LogP contribution in [0, 0.1) is 5.41 Å². The van der Waals surface area contributed by atoms with E-state index in [1.165, 1.54) is 18.8 Å². The smallest absolute Gasteiger partial charge is 0.254 e. The Kier molecular flexibility index (Phi) is 11.6. The molecule has 1 atom stereocenters. The summed E-state index contributed by atoms with van der Waals surface area (Å²) in [5, 5.41) is 13.8. The fourth-order valence-corrected chi connectivity index (χ4v) is 5.78. The van der Waals surface area contributed by atoms with Crippen molar-refractivity contribution in [1.82, 2.24) is 15.5 Å². The lowest BCUT2D eigenvalue weighted by Gasteiger charge is -2.31. The van der Waals surface area contributed by atoms with Crippen LogP contribution in [-0.2, 0) is 22.6 Å². The van der Waals surface area contributed by atoms with Gasteiger partial charge in [-0.15, -0.1) is 11.8 Å². The van der Waals surface area contributed by atoms with Gasteiger partial charge in [-0.25, -0.2) is 0 Å². The summed E-state index contributed by atoms with van der Waals surface area (Å²) in [5.41, 5.74) is 7.08. The molecule has 1 unspecified atom stereocenters. The van der Waals surface area contributed by atoms with Gasteiger partial charge in [-0.3, -0.25) is 19.8 Å². The summed E-state index contributed by atoms with van der Waals surface area (Å²) in [5.74, 6) is -1.10. The third kappa shape index (κ3) is 8.66. The van der Waals surface area contributed by atoms with E-state index in [-0.39, 0.29) is 31.3 Å². The number of carbonyl (C=O) groups is 3. The second kappa shape index (κ2) is 16.4. The van der Waals surface area contributed by atoms with Gasteiger partial charge in [0.05, 0.1) is 11.6 Å². The van der Waals surface area contributed by atoms with Gasteiger partial charge in [-0.2, -0.15) is 0 Å². The van der Waals surface area contributed by atoms with E-state index < -0.39 is 11.9 Å². The van der Waals surface area contributed by atoms with Crippen LogP contribution in [0.25, 0.3) is 22.3 Å². The number of likely N-dealkylation sites (N-methyl/N-ethyl adjacent to an activating group) is 1. The molecule has 0 fully saturated rings. The van der Waals surface area contributed by atoms with Gasteiger partial charge >= 0.3 is 0 Å². The van der Waals surface area contributed by atoms with Gasteiger partial charge in [0.2, 0.25) is 11.8 Å². The quantitative estimate of drug-likeness (QED) is 0.101. The summed E-state index contributed by atoms with van der Waals surface area (Å²) in [6.45, 7) is -0.0471. The zero-order valence-corrected chi connectivity index (χ0v) is 27.8. The summed E-state index contributed by atoms with van der Waals surface area (Å²) < 4.78 is 0. The van der Waals surface area contributed by atoms with E-state index in [1.54, 1.807) is 29.2 Å². The summed E-state index contributed by atoms with van der Waals surface area (Å²) >= 11 is 1.32. The van der Waals surface area contributed by atoms with E-state index in [0.717, 1.165) is 33.4 Å². The lowest BCUT2D eigenvalue weighted by molar-refractivity contribution is -0.129. The highest BCUT2D eigenvalue weighted by molar-refractivity contribution is 8.13. The Morgan fingerprint density at radius 2 is 1.15 bits per heavy atom. The molecule has 5 aromatic carbocycles. The molecule has 242 valence electrons. The number of thioether (sulfide) groups is 1. The topological polar surface area (TPSA) is 102 Å². The van der Waals surface area contributed by atoms with E-state index >= 15 is 0 Å². The van der Waals surface area contributed by atoms with E-state index in [2.05, 4.69) is 10.6 Å². The van der Waals surface area contributed by atoms with Crippen molar-refractivity contribution in [3.8, 4) is 22.3 Å². The monoisotopic (exact) mass is 654 g/mol. The summed E-state index contributed by atoms with van der Waals surface area (Å²) in [7, 11) is 1.51. The molecule has 0 aliphatic rings. The van der Waals surface area contributed by atoms with Gasteiger partial charge < -0.3 is 15.5 Å². The third-order valence-electron chi connectivity index (χ3n) is 8.14. The number of hydrogen-bond acceptors (Lipinski definition) is 5. The van der Waals surface area contributed by atoms with Crippen molar-refractivity contribution in [3.63, 3.8) is 0 Å². The highest BCUT2D eigenvalue weighted by Gasteiger charge is 2.31. The normalized spacial score (nSPS) is 11.3. The third-order valence-corrected chi connectivity index (χ3v) is 8.79. The molecule has 0 aromatic heterocycles. The molecule has 0 bridgehead atoms. The minimum atomic E-state index is -0.928. The fraction of sp³-hybridized carbons (Fsp3) is 0.150. The summed E-state index contributed by atoms with van der Waals surface area (Å²) in [6, 6.07) is 42.0. The number of benzene rings is 5. The van der Waals surface area contributed by atoms with Crippen LogP contribution in [0.3, 0.4) is 0 Å². The first-order valence-electron chi connectivity index (χ1n) is 15.7. The predicted octanol–water partition coefficient (Wildman–Crippen LogP) is 6.82. The van der Waals surface area contributed by atoms with Crippen molar-refractivity contribution in [1.29, 1.82) is 5.41 Å². The average Bonchev–Trinajstić information content (AvgIpc) is 3.15. The SMILES string of the molecule is CNC(=O)CNC(=O)C(Cc1ccc(-c2ccccc2)cc1)N(Cc1ccc(-c2ccccc2)cc1)C(=O)c1ccc(C(=N)SC)cc1. The molecule has 7 nitrogen and oxygen atoms in total. The van der Waals surface area contributed by atoms with Crippen molar-refractivity contribution < 1.29 is 14.4 Å². The van der Waals surface area contributed by atoms with Crippen LogP contribution in [0.2, 0.25) is 0 Å². The predicted molar refractivity (Wildman–Crippen MR) is 195 cm³/mol. The number of amides is 3. The van der Waals surface area contributed by atoms with Crippen LogP contribution in [0.4, 0.5) is 0 Å². The van der Waals surface area contributed by atoms with Gasteiger partial charge in [0.25, 0.3) is 5.91 Å². The van der Waals surface area contributed by atoms with Crippen LogP contribution in [0.15, 0.2) is 133 Å². The fourth-order valence-electron chi connectivity index (χ4n) is 5.41. The van der Waals surface area contributed by atoms with Crippen LogP contribution in [-0.4, -0.2) is 53.6 Å². The van der Waals surface area contributed by atoms with Crippen LogP contribution in [0.5, 0.6) is 0 Å². The summed E-state index contributed by atoms with van der Waals surface area (Å²) in [4.78, 5) is 42.0. The van der Waals surface area contributed by atoms with Crippen LogP contribution >= 0.6 is 11.8 Å². The highest BCUT2D eigenvalue weighted by Crippen LogP contribution is 2.24. The molecular weight excluding hydrogens is 617 g/mol. The molecular formula is C40H38N4O3S. The molecule has 3 N–H and O–H groups in total. The molecule has 0 aliphatic carbocycles. The zero-order valence-electron chi connectivity index (χ0n) is 27.0. The summed E-state index contributed by atoms with van der Waals surface area (Å²) in [6.07, 6.45) is 2.07. The van der Waals surface area contributed by atoms with E-state index in [1.807, 2.05) is 115 Å². The van der Waals surface area contributed by atoms with Gasteiger partial charge in [-0.1, -0.05) is 121 Å². The van der Waals surface area contributed by atoms with Crippen molar-refractivity contribution in [2.24, 2.45) is 0 Å². The maximum atomic E-state index is 14.4. The Morgan fingerprint density at radius 1 is 0.667 bits per heavy atom. The molecule has 0 saturated carbocycles. The molecule has 0 spiro atoms. The molecule has 0 radical (unpaired) electrons. The lowest BCUT2D eigenvalue weighted by Crippen LogP contribution is -2.51. The number of carbonyl (C=O) groups excluding carboxylic acids is 3. The molecule has 3 amide bonds. The van der Waals surface area contributed by atoms with Gasteiger partial charge in [0.15, 0.2) is 0 Å². The van der Waals surface area contributed by atoms with Gasteiger partial charge in [0, 0.05) is 31.1 Å². The van der Waals surface area contributed by atoms with E-state index in [4.69, 9.17) is 5.41 Å². The number of rotatable bonds is 12. The maximum Gasteiger partial charge on any atom is 0.254 e. The Morgan fingerprint density at radius 3 is 1.65 bits per heavy atom. The molecule has 48 heavy (non-hydrogen) atoms. The minimum Gasteiger partial charge on any atom is -0.358 e. The Hall–Kier alpha value is -5.47. The zero-order chi connectivity index (χ0) is 33.9. The van der Waals surface area contributed by atoms with Crippen molar-refractivity contribution >= 4 is 34.5 Å². The number of hydrogen-bond donors (Lipinski definition) is 3. The second-order valence-electron chi connectivity index (χ2n) is 11.3. The van der Waals surface area contributed by atoms with Gasteiger partial charge in [-0.05, 0) is 51.8 Å². The molecule has 0 saturated heterocycles. The molecule has 0 heterocycles.